The third kappa shape index (κ3) is 0.531. The molecule has 0 aromatic carbocycles. The summed E-state index contributed by atoms with van der Waals surface area (Å²) in [5.41, 5.74) is 0.532. The summed E-state index contributed by atoms with van der Waals surface area (Å²) < 4.78 is 5.63. The van der Waals surface area contributed by atoms with Gasteiger partial charge in [0.1, 0.15) is 0 Å². The average molecular weight is 139 g/mol. The van der Waals surface area contributed by atoms with Gasteiger partial charge >= 0.3 is 0 Å². The Balaban J connectivity index is 2.37. The van der Waals surface area contributed by atoms with Crippen LogP contribution in [-0.2, 0) is 4.74 Å². The van der Waals surface area contributed by atoms with E-state index in [0.717, 1.165) is 0 Å². The molecular weight excluding hydrogens is 124 g/mol. The van der Waals surface area contributed by atoms with E-state index in [0.29, 0.717) is 11.3 Å². The van der Waals surface area contributed by atoms with Crippen molar-refractivity contribution in [3.63, 3.8) is 0 Å². The molecule has 1 saturated heterocycles. The first-order chi connectivity index (χ1) is 4.56. The van der Waals surface area contributed by atoms with Crippen LogP contribution in [0.15, 0.2) is 0 Å². The van der Waals surface area contributed by atoms with E-state index in [-0.39, 0.29) is 5.60 Å². The summed E-state index contributed by atoms with van der Waals surface area (Å²) in [6.07, 6.45) is 2.56. The third-order valence-electron chi connectivity index (χ3n) is 3.71. The minimum absolute atomic E-state index is 0.150. The molecular formula is C9H15O. The van der Waals surface area contributed by atoms with Crippen molar-refractivity contribution in [1.29, 1.82) is 0 Å². The second-order valence-electron chi connectivity index (χ2n) is 4.35. The molecule has 0 N–H and O–H groups in total. The zero-order valence-electron chi connectivity index (χ0n) is 6.98. The highest BCUT2D eigenvalue weighted by molar-refractivity contribution is 5.10. The second kappa shape index (κ2) is 1.58. The van der Waals surface area contributed by atoms with Crippen LogP contribution in [0.2, 0.25) is 0 Å². The van der Waals surface area contributed by atoms with E-state index in [4.69, 9.17) is 4.74 Å². The van der Waals surface area contributed by atoms with E-state index < -0.39 is 0 Å². The lowest BCUT2D eigenvalue weighted by Crippen LogP contribution is -2.35. The topological polar surface area (TPSA) is 9.23 Å². The Labute approximate surface area is 62.8 Å². The monoisotopic (exact) mass is 139 g/mol. The van der Waals surface area contributed by atoms with Crippen LogP contribution in [0.3, 0.4) is 0 Å². The van der Waals surface area contributed by atoms with Gasteiger partial charge in [0.05, 0.1) is 12.2 Å². The quantitative estimate of drug-likeness (QED) is 0.500. The predicted molar refractivity (Wildman–Crippen MR) is 40.3 cm³/mol. The number of hydrogen-bond acceptors (Lipinski definition) is 1. The van der Waals surface area contributed by atoms with Gasteiger partial charge in [-0.3, -0.25) is 0 Å². The fraction of sp³-hybridized carbons (Fsp3) is 0.889. The standard InChI is InChI=1S/C9H15O/c1-8(2)7-4-5-9(8,3)10-6-7/h6-7H,4-5H2,1-3H3. The van der Waals surface area contributed by atoms with Crippen molar-refractivity contribution in [3.8, 4) is 0 Å². The highest BCUT2D eigenvalue weighted by Gasteiger charge is 2.57. The Morgan fingerprint density at radius 1 is 1.40 bits per heavy atom. The minimum atomic E-state index is 0.150. The molecule has 0 aromatic heterocycles. The van der Waals surface area contributed by atoms with Gasteiger partial charge in [0, 0.05) is 0 Å². The van der Waals surface area contributed by atoms with Crippen LogP contribution in [0.25, 0.3) is 0 Å². The maximum atomic E-state index is 5.63. The molecule has 1 aliphatic heterocycles. The van der Waals surface area contributed by atoms with Crippen LogP contribution < -0.4 is 0 Å². The molecule has 0 amide bonds. The van der Waals surface area contributed by atoms with Gasteiger partial charge in [-0.05, 0) is 31.1 Å². The molecule has 57 valence electrons. The molecule has 1 radical (unpaired) electrons. The molecule has 2 fully saturated rings. The van der Waals surface area contributed by atoms with Crippen molar-refractivity contribution in [2.45, 2.75) is 39.2 Å². The molecule has 0 aromatic rings. The lowest BCUT2D eigenvalue weighted by Gasteiger charge is -2.32. The Kier molecular flexibility index (Phi) is 1.05. The van der Waals surface area contributed by atoms with Crippen LogP contribution in [0.4, 0.5) is 0 Å². The molecule has 1 heterocycles. The Hall–Kier alpha value is -0.0400. The van der Waals surface area contributed by atoms with Crippen molar-refractivity contribution < 1.29 is 4.74 Å². The first kappa shape index (κ1) is 6.66. The third-order valence-corrected chi connectivity index (χ3v) is 3.71. The number of ether oxygens (including phenoxy) is 1. The van der Waals surface area contributed by atoms with Crippen LogP contribution in [-0.4, -0.2) is 5.60 Å². The van der Waals surface area contributed by atoms with Crippen LogP contribution in [0, 0.1) is 17.9 Å². The summed E-state index contributed by atoms with van der Waals surface area (Å²) >= 11 is 0. The molecule has 2 unspecified atom stereocenters. The Morgan fingerprint density at radius 3 is 2.20 bits per heavy atom. The fourth-order valence-electron chi connectivity index (χ4n) is 2.19. The molecule has 2 atom stereocenters. The maximum absolute atomic E-state index is 5.63. The van der Waals surface area contributed by atoms with Gasteiger partial charge in [-0.25, -0.2) is 0 Å². The zero-order chi connectivity index (χ0) is 7.41. The highest BCUT2D eigenvalue weighted by Crippen LogP contribution is 2.58. The van der Waals surface area contributed by atoms with E-state index >= 15 is 0 Å². The molecule has 0 spiro atoms. The molecule has 2 aliphatic rings. The van der Waals surface area contributed by atoms with Gasteiger partial charge in [-0.1, -0.05) is 13.8 Å². The average Bonchev–Trinajstić information content (AvgIpc) is 2.18. The normalized spacial score (nSPS) is 50.1. The van der Waals surface area contributed by atoms with E-state index in [9.17, 15) is 0 Å². The summed E-state index contributed by atoms with van der Waals surface area (Å²) in [5, 5.41) is 0. The predicted octanol–water partition coefficient (Wildman–Crippen LogP) is 2.37. The van der Waals surface area contributed by atoms with Crippen molar-refractivity contribution in [2.75, 3.05) is 0 Å². The van der Waals surface area contributed by atoms with E-state index in [1.807, 2.05) is 6.61 Å². The highest BCUT2D eigenvalue weighted by atomic mass is 16.5. The van der Waals surface area contributed by atoms with Crippen molar-refractivity contribution >= 4 is 0 Å². The van der Waals surface area contributed by atoms with Gasteiger partial charge < -0.3 is 4.74 Å². The lowest BCUT2D eigenvalue weighted by atomic mass is 9.76. The number of rotatable bonds is 0. The van der Waals surface area contributed by atoms with E-state index in [1.54, 1.807) is 0 Å². The molecule has 10 heavy (non-hydrogen) atoms. The van der Waals surface area contributed by atoms with Crippen molar-refractivity contribution in [2.24, 2.45) is 11.3 Å². The van der Waals surface area contributed by atoms with E-state index in [1.165, 1.54) is 12.8 Å². The van der Waals surface area contributed by atoms with Gasteiger partial charge in [-0.2, -0.15) is 0 Å². The lowest BCUT2D eigenvalue weighted by molar-refractivity contribution is -0.0109. The molecule has 2 rings (SSSR count). The SMILES string of the molecule is CC12CCC([CH]O1)C2(C)C. The molecule has 1 aliphatic carbocycles. The van der Waals surface area contributed by atoms with E-state index in [2.05, 4.69) is 20.8 Å². The van der Waals surface area contributed by atoms with Gasteiger partial charge in [0.15, 0.2) is 0 Å². The smallest absolute Gasteiger partial charge is 0.0881 e. The Morgan fingerprint density at radius 2 is 2.10 bits per heavy atom. The van der Waals surface area contributed by atoms with Gasteiger partial charge in [0.25, 0.3) is 0 Å². The summed E-state index contributed by atoms with van der Waals surface area (Å²) in [5.74, 6) is 0.706. The molecule has 2 bridgehead atoms. The minimum Gasteiger partial charge on any atom is -0.368 e. The van der Waals surface area contributed by atoms with Crippen LogP contribution >= 0.6 is 0 Å². The first-order valence-electron chi connectivity index (χ1n) is 4.07. The first-order valence-corrected chi connectivity index (χ1v) is 4.07. The maximum Gasteiger partial charge on any atom is 0.0881 e. The largest absolute Gasteiger partial charge is 0.368 e. The van der Waals surface area contributed by atoms with Crippen LogP contribution in [0.1, 0.15) is 33.6 Å². The zero-order valence-corrected chi connectivity index (χ0v) is 6.98. The van der Waals surface area contributed by atoms with Gasteiger partial charge in [-0.15, -0.1) is 0 Å². The van der Waals surface area contributed by atoms with Crippen LogP contribution in [0.5, 0.6) is 0 Å². The molecule has 1 heteroatoms. The Bertz CT molecular complexity index is 149. The summed E-state index contributed by atoms with van der Waals surface area (Å²) in [4.78, 5) is 0. The second-order valence-corrected chi connectivity index (χ2v) is 4.35. The summed E-state index contributed by atoms with van der Waals surface area (Å²) in [6, 6.07) is 0. The molecule has 1 nitrogen and oxygen atoms in total. The van der Waals surface area contributed by atoms with Crippen molar-refractivity contribution in [1.82, 2.24) is 0 Å². The molecule has 1 saturated carbocycles. The summed E-state index contributed by atoms with van der Waals surface area (Å²) in [6.45, 7) is 8.91. The number of fused-ring (bicyclic) bond motifs is 2. The van der Waals surface area contributed by atoms with Gasteiger partial charge in [0.2, 0.25) is 0 Å². The van der Waals surface area contributed by atoms with Crippen molar-refractivity contribution in [3.05, 3.63) is 6.61 Å². The fourth-order valence-corrected chi connectivity index (χ4v) is 2.19. The summed E-state index contributed by atoms with van der Waals surface area (Å²) in [7, 11) is 0. The number of hydrogen-bond donors (Lipinski definition) is 0.